The van der Waals surface area contributed by atoms with Crippen LogP contribution in [0.4, 0.5) is 4.39 Å². The first kappa shape index (κ1) is 16.4. The molecule has 1 aliphatic carbocycles. The predicted octanol–water partition coefficient (Wildman–Crippen LogP) is 3.17. The van der Waals surface area contributed by atoms with Crippen LogP contribution < -0.4 is 0 Å². The van der Waals surface area contributed by atoms with Gasteiger partial charge in [0.2, 0.25) is 0 Å². The lowest BCUT2D eigenvalue weighted by Gasteiger charge is -2.16. The summed E-state index contributed by atoms with van der Waals surface area (Å²) in [6.45, 7) is 0.404. The first-order chi connectivity index (χ1) is 12.6. The molecule has 6 heteroatoms. The smallest absolute Gasteiger partial charge is 0.274 e. The Balaban J connectivity index is 1.68. The summed E-state index contributed by atoms with van der Waals surface area (Å²) < 4.78 is 15.8. The Kier molecular flexibility index (Phi) is 4.24. The van der Waals surface area contributed by atoms with E-state index in [9.17, 15) is 9.18 Å². The zero-order valence-corrected chi connectivity index (χ0v) is 14.5. The molecule has 0 unspecified atom stereocenters. The summed E-state index contributed by atoms with van der Waals surface area (Å²) in [4.78, 5) is 18.8. The summed E-state index contributed by atoms with van der Waals surface area (Å²) in [7, 11) is 1.74. The molecule has 1 aliphatic rings. The van der Waals surface area contributed by atoms with E-state index in [0.717, 1.165) is 36.2 Å². The van der Waals surface area contributed by atoms with Crippen molar-refractivity contribution in [3.8, 4) is 5.69 Å². The average Bonchev–Trinajstić information content (AvgIpc) is 3.25. The minimum atomic E-state index is -0.342. The van der Waals surface area contributed by atoms with Crippen LogP contribution in [-0.2, 0) is 19.4 Å². The second kappa shape index (κ2) is 6.71. The number of rotatable bonds is 4. The maximum atomic E-state index is 14.2. The molecule has 5 nitrogen and oxygen atoms in total. The number of pyridine rings is 1. The van der Waals surface area contributed by atoms with E-state index in [-0.39, 0.29) is 11.7 Å². The normalized spacial score (nSPS) is 12.8. The number of amides is 1. The Morgan fingerprint density at radius 1 is 1.19 bits per heavy atom. The largest absolute Gasteiger partial charge is 0.334 e. The van der Waals surface area contributed by atoms with Crippen molar-refractivity contribution >= 4 is 5.91 Å². The van der Waals surface area contributed by atoms with Gasteiger partial charge in [-0.15, -0.1) is 0 Å². The van der Waals surface area contributed by atoms with E-state index in [4.69, 9.17) is 0 Å². The fraction of sp³-hybridized carbons (Fsp3) is 0.250. The van der Waals surface area contributed by atoms with E-state index in [0.29, 0.717) is 17.9 Å². The van der Waals surface area contributed by atoms with E-state index < -0.39 is 0 Å². The highest BCUT2D eigenvalue weighted by Crippen LogP contribution is 2.29. The van der Waals surface area contributed by atoms with Crippen molar-refractivity contribution in [3.63, 3.8) is 0 Å². The molecule has 0 N–H and O–H groups in total. The van der Waals surface area contributed by atoms with Crippen LogP contribution in [0.2, 0.25) is 0 Å². The summed E-state index contributed by atoms with van der Waals surface area (Å²) in [6.07, 6.45) is 4.25. The molecule has 3 aromatic rings. The third-order valence-electron chi connectivity index (χ3n) is 4.69. The summed E-state index contributed by atoms with van der Waals surface area (Å²) in [6, 6.07) is 12.1. The molecule has 26 heavy (non-hydrogen) atoms. The van der Waals surface area contributed by atoms with Gasteiger partial charge in [-0.1, -0.05) is 18.2 Å². The van der Waals surface area contributed by atoms with Crippen molar-refractivity contribution in [2.45, 2.75) is 25.8 Å². The quantitative estimate of drug-likeness (QED) is 0.726. The number of aromatic nitrogens is 3. The van der Waals surface area contributed by atoms with Gasteiger partial charge >= 0.3 is 0 Å². The lowest BCUT2D eigenvalue weighted by Crippen LogP contribution is -2.28. The lowest BCUT2D eigenvalue weighted by molar-refractivity contribution is 0.0776. The SMILES string of the molecule is CN(Cc1ccccn1)C(=O)c1nn(-c2ccccc2F)c2c1CCC2. The van der Waals surface area contributed by atoms with Crippen LogP contribution in [-0.4, -0.2) is 32.6 Å². The summed E-state index contributed by atoms with van der Waals surface area (Å²) in [5.41, 5.74) is 3.49. The summed E-state index contributed by atoms with van der Waals surface area (Å²) in [5.74, 6) is -0.505. The van der Waals surface area contributed by atoms with Gasteiger partial charge < -0.3 is 4.90 Å². The topological polar surface area (TPSA) is 51.0 Å². The molecule has 1 amide bonds. The highest BCUT2D eigenvalue weighted by molar-refractivity contribution is 5.94. The van der Waals surface area contributed by atoms with Crippen LogP contribution in [0.15, 0.2) is 48.7 Å². The number of para-hydroxylation sites is 1. The van der Waals surface area contributed by atoms with E-state index in [1.165, 1.54) is 6.07 Å². The number of nitrogens with zero attached hydrogens (tertiary/aromatic N) is 4. The van der Waals surface area contributed by atoms with Gasteiger partial charge in [0.15, 0.2) is 5.69 Å². The van der Waals surface area contributed by atoms with Crippen LogP contribution in [0.5, 0.6) is 0 Å². The molecular formula is C20H19FN4O. The van der Waals surface area contributed by atoms with Gasteiger partial charge in [0.05, 0.1) is 12.2 Å². The zero-order chi connectivity index (χ0) is 18.1. The van der Waals surface area contributed by atoms with E-state index in [1.807, 2.05) is 18.2 Å². The molecule has 0 aliphatic heterocycles. The fourth-order valence-corrected chi connectivity index (χ4v) is 3.42. The van der Waals surface area contributed by atoms with Crippen LogP contribution in [0.1, 0.15) is 33.9 Å². The van der Waals surface area contributed by atoms with E-state index in [1.54, 1.807) is 41.0 Å². The molecule has 2 aromatic heterocycles. The van der Waals surface area contributed by atoms with Gasteiger partial charge in [0.1, 0.15) is 11.5 Å². The zero-order valence-electron chi connectivity index (χ0n) is 14.5. The number of carbonyl (C=O) groups is 1. The molecule has 0 fully saturated rings. The second-order valence-electron chi connectivity index (χ2n) is 6.47. The Hall–Kier alpha value is -3.02. The minimum Gasteiger partial charge on any atom is -0.334 e. The van der Waals surface area contributed by atoms with Gasteiger partial charge in [-0.05, 0) is 43.5 Å². The molecule has 0 spiro atoms. The Morgan fingerprint density at radius 3 is 2.77 bits per heavy atom. The maximum Gasteiger partial charge on any atom is 0.274 e. The number of benzene rings is 1. The third-order valence-corrected chi connectivity index (χ3v) is 4.69. The molecular weight excluding hydrogens is 331 g/mol. The number of carbonyl (C=O) groups excluding carboxylic acids is 1. The Bertz CT molecular complexity index is 952. The van der Waals surface area contributed by atoms with Crippen molar-refractivity contribution in [2.24, 2.45) is 0 Å². The van der Waals surface area contributed by atoms with Gasteiger partial charge in [-0.3, -0.25) is 9.78 Å². The maximum absolute atomic E-state index is 14.2. The molecule has 0 bridgehead atoms. The highest BCUT2D eigenvalue weighted by atomic mass is 19.1. The molecule has 1 aromatic carbocycles. The van der Waals surface area contributed by atoms with Crippen LogP contribution >= 0.6 is 0 Å². The van der Waals surface area contributed by atoms with Gasteiger partial charge in [0, 0.05) is 24.5 Å². The Morgan fingerprint density at radius 2 is 2.00 bits per heavy atom. The summed E-state index contributed by atoms with van der Waals surface area (Å²) in [5, 5.41) is 4.49. The monoisotopic (exact) mass is 350 g/mol. The number of hydrogen-bond donors (Lipinski definition) is 0. The average molecular weight is 350 g/mol. The van der Waals surface area contributed by atoms with Crippen LogP contribution in [0, 0.1) is 5.82 Å². The second-order valence-corrected chi connectivity index (χ2v) is 6.47. The van der Waals surface area contributed by atoms with Crippen molar-refractivity contribution < 1.29 is 9.18 Å². The first-order valence-corrected chi connectivity index (χ1v) is 8.66. The third kappa shape index (κ3) is 2.87. The van der Waals surface area contributed by atoms with Crippen LogP contribution in [0.3, 0.4) is 0 Å². The number of halogens is 1. The molecule has 0 atom stereocenters. The van der Waals surface area contributed by atoms with Gasteiger partial charge in [-0.2, -0.15) is 5.10 Å². The minimum absolute atomic E-state index is 0.163. The van der Waals surface area contributed by atoms with E-state index in [2.05, 4.69) is 10.1 Å². The number of fused-ring (bicyclic) bond motifs is 1. The van der Waals surface area contributed by atoms with Crippen molar-refractivity contribution in [1.29, 1.82) is 0 Å². The molecule has 2 heterocycles. The Labute approximate surface area is 151 Å². The molecule has 0 saturated carbocycles. The highest BCUT2D eigenvalue weighted by Gasteiger charge is 2.29. The fourth-order valence-electron chi connectivity index (χ4n) is 3.42. The van der Waals surface area contributed by atoms with Gasteiger partial charge in [0.25, 0.3) is 5.91 Å². The molecule has 0 radical (unpaired) electrons. The summed E-state index contributed by atoms with van der Waals surface area (Å²) >= 11 is 0. The standard InChI is InChI=1S/C20H19FN4O/c1-24(13-14-7-4-5-12-22-14)20(26)19-15-8-6-11-17(15)25(23-19)18-10-3-2-9-16(18)21/h2-5,7,9-10,12H,6,8,11,13H2,1H3. The van der Waals surface area contributed by atoms with Crippen molar-refractivity contribution in [3.05, 3.63) is 77.1 Å². The van der Waals surface area contributed by atoms with Crippen molar-refractivity contribution in [2.75, 3.05) is 7.05 Å². The molecule has 132 valence electrons. The van der Waals surface area contributed by atoms with E-state index >= 15 is 0 Å². The molecule has 4 rings (SSSR count). The lowest BCUT2D eigenvalue weighted by atomic mass is 10.2. The van der Waals surface area contributed by atoms with Gasteiger partial charge in [-0.25, -0.2) is 9.07 Å². The predicted molar refractivity (Wildman–Crippen MR) is 95.6 cm³/mol. The van der Waals surface area contributed by atoms with Crippen molar-refractivity contribution in [1.82, 2.24) is 19.7 Å². The number of hydrogen-bond acceptors (Lipinski definition) is 3. The first-order valence-electron chi connectivity index (χ1n) is 8.66. The molecule has 0 saturated heterocycles. The van der Waals surface area contributed by atoms with Crippen LogP contribution in [0.25, 0.3) is 5.69 Å².